The standard InChI is InChI=1S/C22H30N4O3S.HI/c1-17-14-18(8-9-21(17)30(3,27)28)15-24-22(23-2)25-16-19-6-4-5-7-20(19)26-10-12-29-13-11-26;/h4-9,14H,10-13,15-16H2,1-3H3,(H2,23,24,25);1H. The van der Waals surface area contributed by atoms with E-state index in [9.17, 15) is 8.42 Å². The minimum atomic E-state index is -3.21. The number of sulfone groups is 1. The molecule has 0 unspecified atom stereocenters. The molecule has 31 heavy (non-hydrogen) atoms. The zero-order chi connectivity index (χ0) is 21.6. The Balaban J connectivity index is 0.00000341. The molecule has 0 bridgehead atoms. The van der Waals surface area contributed by atoms with Crippen LogP contribution in [0.1, 0.15) is 16.7 Å². The average molecular weight is 558 g/mol. The molecule has 0 atom stereocenters. The normalized spacial score (nSPS) is 14.7. The van der Waals surface area contributed by atoms with Crippen molar-refractivity contribution < 1.29 is 13.2 Å². The molecule has 1 aliphatic heterocycles. The molecule has 2 N–H and O–H groups in total. The highest BCUT2D eigenvalue weighted by molar-refractivity contribution is 14.0. The van der Waals surface area contributed by atoms with Gasteiger partial charge in [0.05, 0.1) is 18.1 Å². The molecule has 0 aromatic heterocycles. The first-order valence-electron chi connectivity index (χ1n) is 10.0. The maximum atomic E-state index is 11.8. The number of morpholine rings is 1. The van der Waals surface area contributed by atoms with Crippen molar-refractivity contribution in [1.82, 2.24) is 10.6 Å². The predicted octanol–water partition coefficient (Wildman–Crippen LogP) is 2.72. The number of halogens is 1. The largest absolute Gasteiger partial charge is 0.378 e. The topological polar surface area (TPSA) is 83.0 Å². The zero-order valence-corrected chi connectivity index (χ0v) is 21.4. The number of guanidine groups is 1. The molecule has 0 radical (unpaired) electrons. The Morgan fingerprint density at radius 1 is 1.10 bits per heavy atom. The molecule has 3 rings (SSSR count). The van der Waals surface area contributed by atoms with Crippen LogP contribution < -0.4 is 15.5 Å². The zero-order valence-electron chi connectivity index (χ0n) is 18.2. The Hall–Kier alpha value is -1.85. The Labute approximate surface area is 202 Å². The number of hydrogen-bond donors (Lipinski definition) is 2. The van der Waals surface area contributed by atoms with Gasteiger partial charge in [0.25, 0.3) is 0 Å². The second-order valence-corrected chi connectivity index (χ2v) is 9.36. The Morgan fingerprint density at radius 2 is 1.77 bits per heavy atom. The quantitative estimate of drug-likeness (QED) is 0.323. The molecule has 0 spiro atoms. The van der Waals surface area contributed by atoms with E-state index in [0.29, 0.717) is 23.9 Å². The van der Waals surface area contributed by atoms with Crippen molar-refractivity contribution in [2.24, 2.45) is 4.99 Å². The van der Waals surface area contributed by atoms with Crippen molar-refractivity contribution in [3.63, 3.8) is 0 Å². The van der Waals surface area contributed by atoms with E-state index >= 15 is 0 Å². The molecule has 1 fully saturated rings. The van der Waals surface area contributed by atoms with Gasteiger partial charge in [-0.2, -0.15) is 0 Å². The summed E-state index contributed by atoms with van der Waals surface area (Å²) in [4.78, 5) is 7.02. The number of nitrogens with one attached hydrogen (secondary N) is 2. The minimum Gasteiger partial charge on any atom is -0.378 e. The van der Waals surface area contributed by atoms with Gasteiger partial charge in [-0.05, 0) is 35.7 Å². The lowest BCUT2D eigenvalue weighted by Gasteiger charge is -2.30. The van der Waals surface area contributed by atoms with Crippen LogP contribution in [0.25, 0.3) is 0 Å². The van der Waals surface area contributed by atoms with Gasteiger partial charge in [0.1, 0.15) is 0 Å². The Kier molecular flexibility index (Phi) is 9.57. The van der Waals surface area contributed by atoms with E-state index in [4.69, 9.17) is 4.74 Å². The van der Waals surface area contributed by atoms with Gasteiger partial charge in [0, 0.05) is 45.2 Å². The lowest BCUT2D eigenvalue weighted by molar-refractivity contribution is 0.122. The van der Waals surface area contributed by atoms with Crippen LogP contribution in [0.4, 0.5) is 5.69 Å². The first-order valence-corrected chi connectivity index (χ1v) is 11.9. The molecule has 7 nitrogen and oxygen atoms in total. The third-order valence-electron chi connectivity index (χ3n) is 5.11. The summed E-state index contributed by atoms with van der Waals surface area (Å²) in [7, 11) is -1.47. The number of para-hydroxylation sites is 1. The van der Waals surface area contributed by atoms with E-state index in [1.54, 1.807) is 13.1 Å². The highest BCUT2D eigenvalue weighted by atomic mass is 127. The first-order chi connectivity index (χ1) is 14.4. The number of hydrogen-bond acceptors (Lipinski definition) is 5. The Bertz CT molecular complexity index is 1010. The van der Waals surface area contributed by atoms with Crippen LogP contribution in [-0.4, -0.2) is 54.0 Å². The van der Waals surface area contributed by atoms with E-state index in [0.717, 1.165) is 37.4 Å². The van der Waals surface area contributed by atoms with E-state index in [1.165, 1.54) is 17.5 Å². The van der Waals surface area contributed by atoms with E-state index in [-0.39, 0.29) is 24.0 Å². The SMILES string of the molecule is CN=C(NCc1ccc(S(C)(=O)=O)c(C)c1)NCc1ccccc1N1CCOCC1.I. The number of benzene rings is 2. The second-order valence-electron chi connectivity index (χ2n) is 7.38. The van der Waals surface area contributed by atoms with Crippen LogP contribution >= 0.6 is 24.0 Å². The molecule has 170 valence electrons. The molecule has 2 aromatic rings. The fourth-order valence-electron chi connectivity index (χ4n) is 3.60. The molecule has 1 saturated heterocycles. The molecule has 0 saturated carbocycles. The molecule has 1 heterocycles. The lowest BCUT2D eigenvalue weighted by Crippen LogP contribution is -2.39. The van der Waals surface area contributed by atoms with Crippen LogP contribution in [0.5, 0.6) is 0 Å². The maximum absolute atomic E-state index is 11.8. The monoisotopic (exact) mass is 558 g/mol. The minimum absolute atomic E-state index is 0. The molecular formula is C22H31IN4O3S. The number of aryl methyl sites for hydroxylation is 1. The fourth-order valence-corrected chi connectivity index (χ4v) is 4.55. The summed E-state index contributed by atoms with van der Waals surface area (Å²) < 4.78 is 29.0. The van der Waals surface area contributed by atoms with Crippen LogP contribution in [0.3, 0.4) is 0 Å². The van der Waals surface area contributed by atoms with Crippen LogP contribution in [0.2, 0.25) is 0 Å². The maximum Gasteiger partial charge on any atom is 0.191 e. The summed E-state index contributed by atoms with van der Waals surface area (Å²) in [6.45, 7) is 6.31. The van der Waals surface area contributed by atoms with Crippen LogP contribution in [0.15, 0.2) is 52.4 Å². The van der Waals surface area contributed by atoms with Gasteiger partial charge < -0.3 is 20.3 Å². The molecule has 0 amide bonds. The van der Waals surface area contributed by atoms with Gasteiger partial charge in [-0.15, -0.1) is 24.0 Å². The highest BCUT2D eigenvalue weighted by Crippen LogP contribution is 2.21. The summed E-state index contributed by atoms with van der Waals surface area (Å²) in [6.07, 6.45) is 1.23. The summed E-state index contributed by atoms with van der Waals surface area (Å²) in [5.74, 6) is 0.691. The summed E-state index contributed by atoms with van der Waals surface area (Å²) in [5, 5.41) is 6.67. The number of anilines is 1. The number of ether oxygens (including phenoxy) is 1. The number of rotatable bonds is 6. The molecular weight excluding hydrogens is 527 g/mol. The predicted molar refractivity (Wildman–Crippen MR) is 136 cm³/mol. The smallest absolute Gasteiger partial charge is 0.191 e. The van der Waals surface area contributed by atoms with Crippen molar-refractivity contribution in [3.8, 4) is 0 Å². The number of aliphatic imine (C=N–C) groups is 1. The van der Waals surface area contributed by atoms with Crippen molar-refractivity contribution in [1.29, 1.82) is 0 Å². The molecule has 9 heteroatoms. The van der Waals surface area contributed by atoms with E-state index < -0.39 is 9.84 Å². The Morgan fingerprint density at radius 3 is 2.42 bits per heavy atom. The summed E-state index contributed by atoms with van der Waals surface area (Å²) in [6, 6.07) is 13.8. The van der Waals surface area contributed by atoms with Crippen molar-refractivity contribution in [2.45, 2.75) is 24.9 Å². The van der Waals surface area contributed by atoms with Gasteiger partial charge in [-0.3, -0.25) is 4.99 Å². The fraction of sp³-hybridized carbons (Fsp3) is 0.409. The average Bonchev–Trinajstić information content (AvgIpc) is 2.74. The van der Waals surface area contributed by atoms with Crippen molar-refractivity contribution in [3.05, 3.63) is 59.2 Å². The molecule has 0 aliphatic carbocycles. The van der Waals surface area contributed by atoms with Gasteiger partial charge in [-0.25, -0.2) is 8.42 Å². The third kappa shape index (κ3) is 7.08. The van der Waals surface area contributed by atoms with Crippen LogP contribution in [0, 0.1) is 6.92 Å². The first kappa shape index (κ1) is 25.4. The van der Waals surface area contributed by atoms with Gasteiger partial charge in [-0.1, -0.05) is 30.3 Å². The second kappa shape index (κ2) is 11.7. The molecule has 2 aromatic carbocycles. The van der Waals surface area contributed by atoms with E-state index in [1.807, 2.05) is 25.1 Å². The van der Waals surface area contributed by atoms with Gasteiger partial charge in [0.15, 0.2) is 15.8 Å². The molecule has 1 aliphatic rings. The van der Waals surface area contributed by atoms with Gasteiger partial charge in [0.2, 0.25) is 0 Å². The number of nitrogens with zero attached hydrogens (tertiary/aromatic N) is 2. The van der Waals surface area contributed by atoms with Crippen LogP contribution in [-0.2, 0) is 27.7 Å². The highest BCUT2D eigenvalue weighted by Gasteiger charge is 2.15. The van der Waals surface area contributed by atoms with Gasteiger partial charge >= 0.3 is 0 Å². The third-order valence-corrected chi connectivity index (χ3v) is 6.37. The van der Waals surface area contributed by atoms with E-state index in [2.05, 4.69) is 38.7 Å². The summed E-state index contributed by atoms with van der Waals surface area (Å²) >= 11 is 0. The van der Waals surface area contributed by atoms with Crippen molar-refractivity contribution in [2.75, 3.05) is 44.5 Å². The summed E-state index contributed by atoms with van der Waals surface area (Å²) in [5.41, 5.74) is 4.17. The van der Waals surface area contributed by atoms with Crippen molar-refractivity contribution >= 4 is 45.5 Å². The lowest BCUT2D eigenvalue weighted by atomic mass is 10.1.